The summed E-state index contributed by atoms with van der Waals surface area (Å²) >= 11 is 0. The Labute approximate surface area is 157 Å². The number of carbonyl (C=O) groups is 1. The topological polar surface area (TPSA) is 57.3 Å². The van der Waals surface area contributed by atoms with Gasteiger partial charge in [-0.15, -0.1) is 12.4 Å². The Morgan fingerprint density at radius 3 is 2.35 bits per heavy atom. The van der Waals surface area contributed by atoms with Crippen molar-refractivity contribution in [2.45, 2.75) is 37.9 Å². The molecule has 2 aliphatic heterocycles. The van der Waals surface area contributed by atoms with Gasteiger partial charge in [0.1, 0.15) is 5.82 Å². The second-order valence-corrected chi connectivity index (χ2v) is 6.70. The average molecular weight is 393 g/mol. The molecule has 2 fully saturated rings. The van der Waals surface area contributed by atoms with Gasteiger partial charge in [0.2, 0.25) is 5.91 Å². The van der Waals surface area contributed by atoms with Crippen molar-refractivity contribution in [2.24, 2.45) is 5.92 Å². The second kappa shape index (κ2) is 8.90. The minimum Gasteiger partial charge on any atom is -0.356 e. The Balaban J connectivity index is 0.00000243. The van der Waals surface area contributed by atoms with Crippen LogP contribution in [0.3, 0.4) is 0 Å². The molecule has 1 aromatic heterocycles. The molecule has 2 N–H and O–H groups in total. The number of carbonyl (C=O) groups excluding carboxylic acids is 1. The molecule has 9 heteroatoms. The van der Waals surface area contributed by atoms with Gasteiger partial charge in [-0.25, -0.2) is 4.98 Å². The van der Waals surface area contributed by atoms with Gasteiger partial charge < -0.3 is 15.5 Å². The predicted molar refractivity (Wildman–Crippen MR) is 95.5 cm³/mol. The zero-order valence-corrected chi connectivity index (χ0v) is 15.2. The lowest BCUT2D eigenvalue weighted by molar-refractivity contribution is -0.137. The highest BCUT2D eigenvalue weighted by molar-refractivity contribution is 5.85. The molecule has 3 rings (SSSR count). The quantitative estimate of drug-likeness (QED) is 0.830. The third-order valence-corrected chi connectivity index (χ3v) is 4.95. The van der Waals surface area contributed by atoms with Gasteiger partial charge in [0.15, 0.2) is 0 Å². The van der Waals surface area contributed by atoms with E-state index in [1.165, 1.54) is 6.07 Å². The largest absolute Gasteiger partial charge is 0.417 e. The number of aromatic nitrogens is 1. The van der Waals surface area contributed by atoms with Gasteiger partial charge >= 0.3 is 6.18 Å². The van der Waals surface area contributed by atoms with Crippen molar-refractivity contribution < 1.29 is 18.0 Å². The standard InChI is InChI=1S/C17H23F3N4O.ClH/c18-17(19,20)13-1-2-15(22-11-13)24-9-5-14(6-10-24)23-16(25)12-3-7-21-8-4-12;/h1-2,11-12,14,21H,3-10H2,(H,23,25);1H. The molecule has 0 aromatic carbocycles. The average Bonchev–Trinajstić information content (AvgIpc) is 2.62. The summed E-state index contributed by atoms with van der Waals surface area (Å²) in [5.41, 5.74) is -0.736. The maximum absolute atomic E-state index is 12.6. The summed E-state index contributed by atoms with van der Waals surface area (Å²) in [6.07, 6.45) is -0.184. The molecule has 0 radical (unpaired) electrons. The van der Waals surface area contributed by atoms with E-state index in [0.717, 1.165) is 51.0 Å². The van der Waals surface area contributed by atoms with Crippen molar-refractivity contribution in [1.82, 2.24) is 15.6 Å². The van der Waals surface area contributed by atoms with Crippen LogP contribution >= 0.6 is 12.4 Å². The van der Waals surface area contributed by atoms with E-state index >= 15 is 0 Å². The van der Waals surface area contributed by atoms with E-state index < -0.39 is 11.7 Å². The van der Waals surface area contributed by atoms with E-state index in [-0.39, 0.29) is 30.3 Å². The first kappa shape index (κ1) is 20.8. The number of amides is 1. The Hall–Kier alpha value is -1.54. The van der Waals surface area contributed by atoms with E-state index in [1.807, 2.05) is 4.90 Å². The molecule has 3 heterocycles. The van der Waals surface area contributed by atoms with Gasteiger partial charge in [0.05, 0.1) is 5.56 Å². The Morgan fingerprint density at radius 1 is 1.15 bits per heavy atom. The first-order chi connectivity index (χ1) is 11.9. The predicted octanol–water partition coefficient (Wildman–Crippen LogP) is 2.61. The minimum atomic E-state index is -4.36. The summed E-state index contributed by atoms with van der Waals surface area (Å²) in [6, 6.07) is 2.61. The smallest absolute Gasteiger partial charge is 0.356 e. The summed E-state index contributed by atoms with van der Waals surface area (Å²) in [5, 5.41) is 6.37. The third-order valence-electron chi connectivity index (χ3n) is 4.95. The fraction of sp³-hybridized carbons (Fsp3) is 0.647. The monoisotopic (exact) mass is 392 g/mol. The molecule has 0 spiro atoms. The lowest BCUT2D eigenvalue weighted by Gasteiger charge is -2.34. The number of alkyl halides is 3. The van der Waals surface area contributed by atoms with E-state index in [0.29, 0.717) is 18.9 Å². The van der Waals surface area contributed by atoms with Crippen molar-refractivity contribution >= 4 is 24.1 Å². The normalized spacial score (nSPS) is 19.7. The molecule has 0 saturated carbocycles. The zero-order valence-electron chi connectivity index (χ0n) is 14.4. The fourth-order valence-electron chi connectivity index (χ4n) is 3.40. The molecule has 0 unspecified atom stereocenters. The Morgan fingerprint density at radius 2 is 1.81 bits per heavy atom. The van der Waals surface area contributed by atoms with Gasteiger partial charge in [-0.05, 0) is 50.9 Å². The highest BCUT2D eigenvalue weighted by Crippen LogP contribution is 2.29. The van der Waals surface area contributed by atoms with Crippen LogP contribution in [0.25, 0.3) is 0 Å². The van der Waals surface area contributed by atoms with Crippen molar-refractivity contribution in [3.8, 4) is 0 Å². The number of nitrogens with one attached hydrogen (secondary N) is 2. The van der Waals surface area contributed by atoms with Crippen LogP contribution in [0, 0.1) is 5.92 Å². The van der Waals surface area contributed by atoms with E-state index in [4.69, 9.17) is 0 Å². The summed E-state index contributed by atoms with van der Waals surface area (Å²) in [4.78, 5) is 18.2. The number of nitrogens with zero attached hydrogens (tertiary/aromatic N) is 2. The van der Waals surface area contributed by atoms with Gasteiger partial charge in [-0.3, -0.25) is 4.79 Å². The van der Waals surface area contributed by atoms with Crippen LogP contribution in [-0.4, -0.2) is 43.1 Å². The van der Waals surface area contributed by atoms with Crippen LogP contribution in [0.1, 0.15) is 31.2 Å². The van der Waals surface area contributed by atoms with Crippen LogP contribution in [0.5, 0.6) is 0 Å². The maximum atomic E-state index is 12.6. The summed E-state index contributed by atoms with van der Waals surface area (Å²) < 4.78 is 37.8. The maximum Gasteiger partial charge on any atom is 0.417 e. The van der Waals surface area contributed by atoms with Gasteiger partial charge in [-0.1, -0.05) is 0 Å². The lowest BCUT2D eigenvalue weighted by Crippen LogP contribution is -2.47. The van der Waals surface area contributed by atoms with Crippen LogP contribution in [0.4, 0.5) is 19.0 Å². The SMILES string of the molecule is Cl.O=C(NC1CCN(c2ccc(C(F)(F)F)cn2)CC1)C1CCNCC1. The molecule has 2 saturated heterocycles. The van der Waals surface area contributed by atoms with Crippen molar-refractivity contribution in [3.05, 3.63) is 23.9 Å². The van der Waals surface area contributed by atoms with Gasteiger partial charge in [0.25, 0.3) is 0 Å². The number of rotatable bonds is 3. The van der Waals surface area contributed by atoms with E-state index in [1.54, 1.807) is 0 Å². The van der Waals surface area contributed by atoms with Crippen molar-refractivity contribution in [1.29, 1.82) is 0 Å². The first-order valence-corrected chi connectivity index (χ1v) is 8.73. The number of anilines is 1. The molecular formula is C17H24ClF3N4O. The third kappa shape index (κ3) is 5.23. The number of hydrogen-bond acceptors (Lipinski definition) is 4. The highest BCUT2D eigenvalue weighted by Gasteiger charge is 2.31. The molecule has 0 aliphatic carbocycles. The summed E-state index contributed by atoms with van der Waals surface area (Å²) in [7, 11) is 0. The van der Waals surface area contributed by atoms with Crippen molar-refractivity contribution in [3.63, 3.8) is 0 Å². The van der Waals surface area contributed by atoms with E-state index in [2.05, 4.69) is 15.6 Å². The molecular weight excluding hydrogens is 369 g/mol. The fourth-order valence-corrected chi connectivity index (χ4v) is 3.40. The number of hydrogen-bond donors (Lipinski definition) is 2. The van der Waals surface area contributed by atoms with Crippen LogP contribution in [0.15, 0.2) is 18.3 Å². The lowest BCUT2D eigenvalue weighted by atomic mass is 9.96. The highest BCUT2D eigenvalue weighted by atomic mass is 35.5. The van der Waals surface area contributed by atoms with Gasteiger partial charge in [-0.2, -0.15) is 13.2 Å². The number of piperidine rings is 2. The molecule has 1 amide bonds. The summed E-state index contributed by atoms with van der Waals surface area (Å²) in [6.45, 7) is 3.12. The molecule has 2 aliphatic rings. The van der Waals surface area contributed by atoms with Crippen LogP contribution in [0.2, 0.25) is 0 Å². The Bertz CT molecular complexity index is 583. The molecule has 0 atom stereocenters. The number of pyridine rings is 1. The second-order valence-electron chi connectivity index (χ2n) is 6.70. The number of halogens is 4. The first-order valence-electron chi connectivity index (χ1n) is 8.73. The minimum absolute atomic E-state index is 0. The molecule has 5 nitrogen and oxygen atoms in total. The van der Waals surface area contributed by atoms with Crippen LogP contribution < -0.4 is 15.5 Å². The van der Waals surface area contributed by atoms with Crippen molar-refractivity contribution in [2.75, 3.05) is 31.1 Å². The molecule has 1 aromatic rings. The summed E-state index contributed by atoms with van der Waals surface area (Å²) in [5.74, 6) is 0.777. The zero-order chi connectivity index (χ0) is 17.9. The van der Waals surface area contributed by atoms with Gasteiger partial charge in [0, 0.05) is 31.2 Å². The van der Waals surface area contributed by atoms with E-state index in [9.17, 15) is 18.0 Å². The Kier molecular flexibility index (Phi) is 7.11. The molecule has 146 valence electrons. The molecule has 0 bridgehead atoms. The van der Waals surface area contributed by atoms with Crippen LogP contribution in [-0.2, 0) is 11.0 Å². The molecule has 26 heavy (non-hydrogen) atoms.